The van der Waals surface area contributed by atoms with Gasteiger partial charge in [0.2, 0.25) is 0 Å². The first-order valence-corrected chi connectivity index (χ1v) is 10.1. The minimum Gasteiger partial charge on any atom is -0.423 e. The number of carbonyl (C=O) groups is 1. The molecule has 2 aromatic carbocycles. The third kappa shape index (κ3) is 4.29. The van der Waals surface area contributed by atoms with Crippen LogP contribution in [-0.2, 0) is 6.54 Å². The molecule has 4 rings (SSSR count). The van der Waals surface area contributed by atoms with Crippen LogP contribution in [0.5, 0.6) is 0 Å². The zero-order valence-corrected chi connectivity index (χ0v) is 17.6. The van der Waals surface area contributed by atoms with Crippen LogP contribution in [0, 0.1) is 0 Å². The second kappa shape index (κ2) is 8.73. The Morgan fingerprint density at radius 3 is 2.66 bits per heavy atom. The van der Waals surface area contributed by atoms with Crippen LogP contribution < -0.4 is 16.5 Å². The largest absolute Gasteiger partial charge is 0.488 e. The Labute approximate surface area is 184 Å². The zero-order chi connectivity index (χ0) is 22.8. The van der Waals surface area contributed by atoms with Gasteiger partial charge in [-0.1, -0.05) is 49.4 Å². The second-order valence-electron chi connectivity index (χ2n) is 7.64. The molecule has 0 spiro atoms. The molecule has 5 N–H and O–H groups in total. The van der Waals surface area contributed by atoms with E-state index in [9.17, 15) is 14.8 Å². The normalized spacial score (nSPS) is 11.2. The van der Waals surface area contributed by atoms with E-state index in [4.69, 9.17) is 5.73 Å². The third-order valence-corrected chi connectivity index (χ3v) is 4.98. The minimum atomic E-state index is -1.53. The van der Waals surface area contributed by atoms with Gasteiger partial charge in [0.05, 0.1) is 16.8 Å². The van der Waals surface area contributed by atoms with Crippen LogP contribution in [0.15, 0.2) is 48.5 Å². The number of carbonyl (C=O) groups excluding carboxylic acids is 1. The van der Waals surface area contributed by atoms with Gasteiger partial charge in [0, 0.05) is 12.6 Å². The fourth-order valence-corrected chi connectivity index (χ4v) is 3.28. The van der Waals surface area contributed by atoms with Crippen LogP contribution in [0.3, 0.4) is 0 Å². The number of rotatable bonds is 7. The Kier molecular flexibility index (Phi) is 5.84. The van der Waals surface area contributed by atoms with Crippen molar-refractivity contribution in [2.24, 2.45) is 5.73 Å². The lowest BCUT2D eigenvalue weighted by Crippen LogP contribution is -2.30. The van der Waals surface area contributed by atoms with Crippen LogP contribution in [0.25, 0.3) is 17.0 Å². The molecule has 32 heavy (non-hydrogen) atoms. The van der Waals surface area contributed by atoms with Crippen molar-refractivity contribution in [1.29, 1.82) is 0 Å². The van der Waals surface area contributed by atoms with Crippen molar-refractivity contribution in [2.45, 2.75) is 26.3 Å². The molecule has 0 saturated heterocycles. The zero-order valence-electron chi connectivity index (χ0n) is 17.6. The number of amides is 1. The van der Waals surface area contributed by atoms with Crippen molar-refractivity contribution in [1.82, 2.24) is 25.0 Å². The molecule has 0 radical (unpaired) electrons. The summed E-state index contributed by atoms with van der Waals surface area (Å²) < 4.78 is 1.47. The van der Waals surface area contributed by atoms with Crippen molar-refractivity contribution < 1.29 is 14.8 Å². The Hall–Kier alpha value is -3.83. The van der Waals surface area contributed by atoms with Crippen molar-refractivity contribution in [3.8, 4) is 5.95 Å². The maximum atomic E-state index is 11.7. The summed E-state index contributed by atoms with van der Waals surface area (Å²) in [6, 6.07) is 13.9. The lowest BCUT2D eigenvalue weighted by atomic mass is 9.80. The third-order valence-electron chi connectivity index (χ3n) is 4.98. The molecule has 11 heteroatoms. The van der Waals surface area contributed by atoms with E-state index < -0.39 is 13.0 Å². The molecule has 10 nitrogen and oxygen atoms in total. The summed E-state index contributed by atoms with van der Waals surface area (Å²) in [6.45, 7) is 4.46. The minimum absolute atomic E-state index is 0.126. The number of benzene rings is 2. The molecule has 0 saturated carbocycles. The summed E-state index contributed by atoms with van der Waals surface area (Å²) in [5.74, 6) is 0.420. The maximum absolute atomic E-state index is 11.7. The summed E-state index contributed by atoms with van der Waals surface area (Å²) in [6.07, 6.45) is 0. The summed E-state index contributed by atoms with van der Waals surface area (Å²) in [5.41, 5.74) is 8.75. The average molecular weight is 431 g/mol. The molecule has 4 aromatic rings. The van der Waals surface area contributed by atoms with Gasteiger partial charge in [-0.05, 0) is 29.1 Å². The average Bonchev–Trinajstić information content (AvgIpc) is 3.21. The SMILES string of the molecule is CC(C)c1cc(NCc2cccc(B(O)O)c2)nc(-n2nnc3c(C(N)=O)cccc32)n1. The molecule has 0 bridgehead atoms. The molecule has 0 fully saturated rings. The van der Waals surface area contributed by atoms with Crippen LogP contribution in [0.2, 0.25) is 0 Å². The lowest BCUT2D eigenvalue weighted by Gasteiger charge is -2.12. The molecule has 0 atom stereocenters. The highest BCUT2D eigenvalue weighted by Gasteiger charge is 2.17. The molecule has 0 aliphatic rings. The number of anilines is 1. The van der Waals surface area contributed by atoms with Gasteiger partial charge in [0.25, 0.3) is 11.9 Å². The number of nitrogens with two attached hydrogens (primary N) is 1. The van der Waals surface area contributed by atoms with E-state index in [2.05, 4.69) is 25.6 Å². The number of nitrogens with zero attached hydrogens (tertiary/aromatic N) is 5. The standard InChI is InChI=1S/C21H22BN7O3/c1-12(2)16-10-18(24-11-13-5-3-6-14(9-13)22(31)32)26-21(25-16)29-17-8-4-7-15(20(23)30)19(17)27-28-29/h3-10,12,31-32H,11H2,1-2H3,(H2,23,30)(H,24,25,26). The van der Waals surface area contributed by atoms with Gasteiger partial charge in [0.1, 0.15) is 11.3 Å². The molecule has 2 aromatic heterocycles. The van der Waals surface area contributed by atoms with E-state index in [0.717, 1.165) is 11.3 Å². The van der Waals surface area contributed by atoms with Gasteiger partial charge < -0.3 is 21.1 Å². The van der Waals surface area contributed by atoms with E-state index in [-0.39, 0.29) is 11.5 Å². The second-order valence-corrected chi connectivity index (χ2v) is 7.64. The first kappa shape index (κ1) is 21.4. The quantitative estimate of drug-likeness (QED) is 0.313. The first-order valence-electron chi connectivity index (χ1n) is 10.1. The maximum Gasteiger partial charge on any atom is 0.488 e. The Morgan fingerprint density at radius 2 is 1.94 bits per heavy atom. The van der Waals surface area contributed by atoms with Crippen molar-refractivity contribution >= 4 is 35.3 Å². The lowest BCUT2D eigenvalue weighted by molar-refractivity contribution is 0.100. The van der Waals surface area contributed by atoms with Gasteiger partial charge >= 0.3 is 7.12 Å². The fourth-order valence-electron chi connectivity index (χ4n) is 3.28. The number of hydrogen-bond donors (Lipinski definition) is 4. The molecule has 162 valence electrons. The van der Waals surface area contributed by atoms with E-state index in [1.165, 1.54) is 4.68 Å². The molecular formula is C21H22BN7O3. The monoisotopic (exact) mass is 431 g/mol. The summed E-state index contributed by atoms with van der Waals surface area (Å²) >= 11 is 0. The number of fused-ring (bicyclic) bond motifs is 1. The number of hydrogen-bond acceptors (Lipinski definition) is 8. The van der Waals surface area contributed by atoms with Crippen LogP contribution in [-0.4, -0.2) is 48.0 Å². The van der Waals surface area contributed by atoms with Crippen molar-refractivity contribution in [3.05, 3.63) is 65.4 Å². The molecular weight excluding hydrogens is 409 g/mol. The predicted octanol–water partition coefficient (Wildman–Crippen LogP) is 0.725. The van der Waals surface area contributed by atoms with Gasteiger partial charge in [-0.25, -0.2) is 4.98 Å². The summed E-state index contributed by atoms with van der Waals surface area (Å²) in [7, 11) is -1.53. The van der Waals surface area contributed by atoms with Crippen molar-refractivity contribution in [3.63, 3.8) is 0 Å². The number of nitrogens with one attached hydrogen (secondary N) is 1. The molecule has 2 heterocycles. The number of primary amides is 1. The number of aromatic nitrogens is 5. The highest BCUT2D eigenvalue weighted by Crippen LogP contribution is 2.21. The highest BCUT2D eigenvalue weighted by molar-refractivity contribution is 6.58. The Balaban J connectivity index is 1.70. The molecule has 1 amide bonds. The predicted molar refractivity (Wildman–Crippen MR) is 121 cm³/mol. The van der Waals surface area contributed by atoms with E-state index >= 15 is 0 Å². The smallest absolute Gasteiger partial charge is 0.423 e. The summed E-state index contributed by atoms with van der Waals surface area (Å²) in [4.78, 5) is 20.9. The summed E-state index contributed by atoms with van der Waals surface area (Å²) in [5, 5.41) is 30.3. The van der Waals surface area contributed by atoms with Gasteiger partial charge in [0.15, 0.2) is 0 Å². The van der Waals surface area contributed by atoms with Gasteiger partial charge in [-0.2, -0.15) is 9.67 Å². The van der Waals surface area contributed by atoms with E-state index in [1.54, 1.807) is 36.4 Å². The highest BCUT2D eigenvalue weighted by atomic mass is 16.4. The van der Waals surface area contributed by atoms with Crippen LogP contribution in [0.1, 0.15) is 41.4 Å². The fraction of sp³-hybridized carbons (Fsp3) is 0.190. The van der Waals surface area contributed by atoms with Gasteiger partial charge in [-0.15, -0.1) is 5.10 Å². The van der Waals surface area contributed by atoms with Crippen molar-refractivity contribution in [2.75, 3.05) is 5.32 Å². The molecule has 0 aliphatic heterocycles. The Morgan fingerprint density at radius 1 is 1.16 bits per heavy atom. The van der Waals surface area contributed by atoms with E-state index in [1.807, 2.05) is 26.0 Å². The van der Waals surface area contributed by atoms with Gasteiger partial charge in [-0.3, -0.25) is 4.79 Å². The molecule has 0 unspecified atom stereocenters. The topological polar surface area (TPSA) is 152 Å². The first-order chi connectivity index (χ1) is 15.3. The van der Waals surface area contributed by atoms with Crippen LogP contribution in [0.4, 0.5) is 5.82 Å². The van der Waals surface area contributed by atoms with Crippen LogP contribution >= 0.6 is 0 Å². The Bertz CT molecular complexity index is 1290. The molecule has 0 aliphatic carbocycles. The van der Waals surface area contributed by atoms with E-state index in [0.29, 0.717) is 34.8 Å².